The van der Waals surface area contributed by atoms with Crippen molar-refractivity contribution in [3.63, 3.8) is 0 Å². The molecule has 1 amide bonds. The van der Waals surface area contributed by atoms with Gasteiger partial charge in [0.2, 0.25) is 5.91 Å². The zero-order chi connectivity index (χ0) is 6.69. The molecule has 48 valence electrons. The zero-order valence-electron chi connectivity index (χ0n) is 5.42. The molecule has 0 bridgehead atoms. The molecule has 0 saturated heterocycles. The Morgan fingerprint density at radius 3 is 3.00 bits per heavy atom. The summed E-state index contributed by atoms with van der Waals surface area (Å²) in [6.07, 6.45) is 5.90. The molecule has 0 N–H and O–H groups in total. The van der Waals surface area contributed by atoms with Gasteiger partial charge in [0.15, 0.2) is 0 Å². The van der Waals surface area contributed by atoms with Crippen LogP contribution in [0.2, 0.25) is 0 Å². The standard InChI is InChI=1S/C7H9NO/c1-6(9)8-7-4-2-3-5-7/h2,4H,3,5H2,1H3. The van der Waals surface area contributed by atoms with Gasteiger partial charge in [0, 0.05) is 6.92 Å². The van der Waals surface area contributed by atoms with Crippen LogP contribution in [0, 0.1) is 6.04 Å². The average Bonchev–Trinajstić information content (AvgIpc) is 2.15. The topological polar surface area (TPSA) is 31.2 Å². The summed E-state index contributed by atoms with van der Waals surface area (Å²) in [4.78, 5) is 10.4. The molecule has 0 aliphatic heterocycles. The Morgan fingerprint density at radius 2 is 2.56 bits per heavy atom. The van der Waals surface area contributed by atoms with Crippen molar-refractivity contribution < 1.29 is 4.79 Å². The minimum Gasteiger partial charge on any atom is -0.273 e. The first-order valence-electron chi connectivity index (χ1n) is 3.04. The molecule has 0 fully saturated rings. The van der Waals surface area contributed by atoms with Gasteiger partial charge in [0.1, 0.15) is 6.04 Å². The maximum atomic E-state index is 10.4. The van der Waals surface area contributed by atoms with Crippen LogP contribution in [0.25, 0.3) is 0 Å². The van der Waals surface area contributed by atoms with Crippen molar-refractivity contribution >= 4 is 5.91 Å². The van der Waals surface area contributed by atoms with Gasteiger partial charge < -0.3 is 0 Å². The van der Waals surface area contributed by atoms with Crippen LogP contribution in [0.4, 0.5) is 0 Å². The van der Waals surface area contributed by atoms with Crippen LogP contribution in [0.5, 0.6) is 0 Å². The van der Waals surface area contributed by atoms with Gasteiger partial charge >= 0.3 is 0 Å². The third-order valence-corrected chi connectivity index (χ3v) is 1.18. The lowest BCUT2D eigenvalue weighted by atomic mass is 10.2. The molecule has 1 rings (SSSR count). The molecular formula is C7H9NO. The molecule has 0 aromatic heterocycles. The Morgan fingerprint density at radius 1 is 1.78 bits per heavy atom. The van der Waals surface area contributed by atoms with Crippen molar-refractivity contribution in [3.05, 3.63) is 18.2 Å². The SMILES string of the molecule is CC(=O)[N][C]1C=CCC1. The molecule has 0 spiro atoms. The predicted octanol–water partition coefficient (Wildman–Crippen LogP) is 1.02. The predicted molar refractivity (Wildman–Crippen MR) is 34.4 cm³/mol. The Labute approximate surface area is 54.9 Å². The van der Waals surface area contributed by atoms with Crippen molar-refractivity contribution in [1.29, 1.82) is 0 Å². The minimum absolute atomic E-state index is 0.100. The zero-order valence-corrected chi connectivity index (χ0v) is 5.42. The maximum absolute atomic E-state index is 10.4. The summed E-state index contributed by atoms with van der Waals surface area (Å²) in [6.45, 7) is 1.47. The van der Waals surface area contributed by atoms with E-state index in [1.54, 1.807) is 0 Å². The number of rotatable bonds is 1. The van der Waals surface area contributed by atoms with E-state index in [9.17, 15) is 4.79 Å². The summed E-state index contributed by atoms with van der Waals surface area (Å²) < 4.78 is 0. The highest BCUT2D eigenvalue weighted by molar-refractivity contribution is 5.74. The fourth-order valence-electron chi connectivity index (χ4n) is 0.829. The largest absolute Gasteiger partial charge is 0.273 e. The van der Waals surface area contributed by atoms with Crippen LogP contribution >= 0.6 is 0 Å². The van der Waals surface area contributed by atoms with Gasteiger partial charge in [-0.25, -0.2) is 5.32 Å². The van der Waals surface area contributed by atoms with Gasteiger partial charge in [-0.05, 0) is 12.8 Å². The summed E-state index contributed by atoms with van der Waals surface area (Å²) in [7, 11) is 0. The van der Waals surface area contributed by atoms with Crippen molar-refractivity contribution in [2.24, 2.45) is 0 Å². The van der Waals surface area contributed by atoms with Crippen LogP contribution in [0.15, 0.2) is 12.2 Å². The average molecular weight is 123 g/mol. The van der Waals surface area contributed by atoms with Crippen LogP contribution in [-0.2, 0) is 4.79 Å². The molecule has 1 aliphatic rings. The van der Waals surface area contributed by atoms with E-state index < -0.39 is 0 Å². The molecule has 0 aromatic rings. The van der Waals surface area contributed by atoms with Gasteiger partial charge in [-0.3, -0.25) is 4.79 Å². The molecular weight excluding hydrogens is 114 g/mol. The third-order valence-electron chi connectivity index (χ3n) is 1.18. The van der Waals surface area contributed by atoms with Crippen molar-refractivity contribution in [2.45, 2.75) is 19.8 Å². The van der Waals surface area contributed by atoms with E-state index in [4.69, 9.17) is 0 Å². The normalized spacial score (nSPS) is 18.3. The van der Waals surface area contributed by atoms with E-state index in [-0.39, 0.29) is 5.91 Å². The summed E-state index contributed by atoms with van der Waals surface area (Å²) in [6, 6.07) is 0.919. The monoisotopic (exact) mass is 123 g/mol. The Hall–Kier alpha value is -0.790. The van der Waals surface area contributed by atoms with E-state index in [1.807, 2.05) is 12.2 Å². The molecule has 0 unspecified atom stereocenters. The number of allylic oxidation sites excluding steroid dienone is 1. The van der Waals surface area contributed by atoms with Crippen LogP contribution in [-0.4, -0.2) is 5.91 Å². The fraction of sp³-hybridized carbons (Fsp3) is 0.429. The maximum Gasteiger partial charge on any atom is 0.239 e. The molecule has 0 aromatic carbocycles. The second-order valence-electron chi connectivity index (χ2n) is 2.06. The molecule has 2 nitrogen and oxygen atoms in total. The second kappa shape index (κ2) is 2.67. The van der Waals surface area contributed by atoms with E-state index in [1.165, 1.54) is 6.92 Å². The van der Waals surface area contributed by atoms with Gasteiger partial charge in [-0.2, -0.15) is 0 Å². The van der Waals surface area contributed by atoms with Crippen LogP contribution < -0.4 is 5.32 Å². The number of hydrogen-bond donors (Lipinski definition) is 0. The summed E-state index contributed by atoms with van der Waals surface area (Å²) in [5.74, 6) is -0.100. The highest BCUT2D eigenvalue weighted by atomic mass is 16.1. The number of amides is 1. The first-order chi connectivity index (χ1) is 4.29. The molecule has 9 heavy (non-hydrogen) atoms. The smallest absolute Gasteiger partial charge is 0.239 e. The lowest BCUT2D eigenvalue weighted by Gasteiger charge is -2.00. The molecule has 0 heterocycles. The molecule has 2 radical (unpaired) electrons. The van der Waals surface area contributed by atoms with Gasteiger partial charge in [0.25, 0.3) is 0 Å². The lowest BCUT2D eigenvalue weighted by Crippen LogP contribution is -2.14. The third kappa shape index (κ3) is 1.88. The van der Waals surface area contributed by atoms with Crippen molar-refractivity contribution in [2.75, 3.05) is 0 Å². The number of hydrogen-bond acceptors (Lipinski definition) is 1. The van der Waals surface area contributed by atoms with E-state index in [0.717, 1.165) is 18.9 Å². The Kier molecular flexibility index (Phi) is 1.88. The molecule has 2 heteroatoms. The van der Waals surface area contributed by atoms with Crippen LogP contribution in [0.3, 0.4) is 0 Å². The van der Waals surface area contributed by atoms with E-state index in [2.05, 4.69) is 5.32 Å². The van der Waals surface area contributed by atoms with Crippen molar-refractivity contribution in [1.82, 2.24) is 5.32 Å². The summed E-state index contributed by atoms with van der Waals surface area (Å²) in [5.41, 5.74) is 0. The molecule has 0 atom stereocenters. The van der Waals surface area contributed by atoms with Gasteiger partial charge in [-0.1, -0.05) is 12.2 Å². The van der Waals surface area contributed by atoms with Gasteiger partial charge in [-0.15, -0.1) is 0 Å². The van der Waals surface area contributed by atoms with E-state index >= 15 is 0 Å². The summed E-state index contributed by atoms with van der Waals surface area (Å²) in [5, 5.41) is 3.77. The van der Waals surface area contributed by atoms with Crippen molar-refractivity contribution in [3.8, 4) is 0 Å². The summed E-state index contributed by atoms with van der Waals surface area (Å²) >= 11 is 0. The Bertz CT molecular complexity index is 140. The first-order valence-corrected chi connectivity index (χ1v) is 3.04. The van der Waals surface area contributed by atoms with Gasteiger partial charge in [0.05, 0.1) is 0 Å². The minimum atomic E-state index is -0.100. The molecule has 0 saturated carbocycles. The lowest BCUT2D eigenvalue weighted by molar-refractivity contribution is -0.118. The quantitative estimate of drug-likeness (QED) is 0.512. The van der Waals surface area contributed by atoms with E-state index in [0.29, 0.717) is 0 Å². The number of carbonyl (C=O) groups is 1. The number of carbonyl (C=O) groups excluding carboxylic acids is 1. The highest BCUT2D eigenvalue weighted by Gasteiger charge is 2.11. The molecule has 1 aliphatic carbocycles. The fourth-order valence-corrected chi connectivity index (χ4v) is 0.829. The highest BCUT2D eigenvalue weighted by Crippen LogP contribution is 2.16. The first kappa shape index (κ1) is 6.33. The number of nitrogens with zero attached hydrogens (tertiary/aromatic N) is 1. The second-order valence-corrected chi connectivity index (χ2v) is 2.06. The Balaban J connectivity index is 2.28. The van der Waals surface area contributed by atoms with Crippen LogP contribution in [0.1, 0.15) is 19.8 Å².